The molecule has 5 heteroatoms. The van der Waals surface area contributed by atoms with E-state index in [4.69, 9.17) is 10.8 Å². The second kappa shape index (κ2) is 4.64. The van der Waals surface area contributed by atoms with Gasteiger partial charge >= 0.3 is 0 Å². The first-order chi connectivity index (χ1) is 6.13. The van der Waals surface area contributed by atoms with Gasteiger partial charge in [-0.05, 0) is 28.4 Å². The fourth-order valence-corrected chi connectivity index (χ4v) is 1.33. The Kier molecular flexibility index (Phi) is 3.77. The molecule has 0 saturated carbocycles. The summed E-state index contributed by atoms with van der Waals surface area (Å²) in [7, 11) is 0. The lowest BCUT2D eigenvalue weighted by molar-refractivity contribution is 0.264. The van der Waals surface area contributed by atoms with Crippen LogP contribution in [0.5, 0.6) is 0 Å². The lowest BCUT2D eigenvalue weighted by Gasteiger charge is -2.08. The van der Waals surface area contributed by atoms with Gasteiger partial charge in [0.15, 0.2) is 0 Å². The highest BCUT2D eigenvalue weighted by molar-refractivity contribution is 9.10. The highest BCUT2D eigenvalue weighted by atomic mass is 79.9. The van der Waals surface area contributed by atoms with E-state index in [9.17, 15) is 4.39 Å². The van der Waals surface area contributed by atoms with Crippen LogP contribution in [0.25, 0.3) is 0 Å². The Bertz CT molecular complexity index is 295. The molecule has 0 aliphatic rings. The lowest BCUT2D eigenvalue weighted by Crippen LogP contribution is -2.27. The van der Waals surface area contributed by atoms with Crippen molar-refractivity contribution >= 4 is 15.9 Å². The van der Waals surface area contributed by atoms with Gasteiger partial charge in [-0.15, -0.1) is 0 Å². The predicted octanol–water partition coefficient (Wildman–Crippen LogP) is 0.845. The number of aliphatic hydroxyl groups is 1. The Morgan fingerprint density at radius 2 is 2.38 bits per heavy atom. The first-order valence-corrected chi connectivity index (χ1v) is 4.59. The Balaban J connectivity index is 2.81. The van der Waals surface area contributed by atoms with E-state index < -0.39 is 12.0 Å². The molecule has 1 unspecified atom stereocenters. The molecule has 13 heavy (non-hydrogen) atoms. The molecule has 0 aliphatic carbocycles. The molecule has 0 amide bonds. The van der Waals surface area contributed by atoms with Crippen molar-refractivity contribution < 1.29 is 9.50 Å². The molecular formula is C8H10BrFN2O. The standard InChI is InChI=1S/C8H10BrFN2O/c9-6-1-5(2-7(11)4-13)8(10)12-3-6/h1,3,7,13H,2,4,11H2. The van der Waals surface area contributed by atoms with Crippen LogP contribution in [0.2, 0.25) is 0 Å². The zero-order chi connectivity index (χ0) is 9.84. The minimum atomic E-state index is -0.535. The van der Waals surface area contributed by atoms with E-state index >= 15 is 0 Å². The van der Waals surface area contributed by atoms with Crippen LogP contribution in [0, 0.1) is 5.95 Å². The molecule has 3 nitrogen and oxygen atoms in total. The van der Waals surface area contributed by atoms with E-state index in [1.807, 2.05) is 0 Å². The number of aromatic nitrogens is 1. The molecule has 0 fully saturated rings. The average molecular weight is 249 g/mol. The number of nitrogens with two attached hydrogens (primary N) is 1. The molecule has 3 N–H and O–H groups in total. The molecule has 1 atom stereocenters. The fourth-order valence-electron chi connectivity index (χ4n) is 0.955. The lowest BCUT2D eigenvalue weighted by atomic mass is 10.1. The van der Waals surface area contributed by atoms with Gasteiger partial charge in [-0.3, -0.25) is 0 Å². The van der Waals surface area contributed by atoms with Gasteiger partial charge in [-0.2, -0.15) is 4.39 Å². The van der Waals surface area contributed by atoms with Crippen LogP contribution in [-0.4, -0.2) is 22.7 Å². The third kappa shape index (κ3) is 3.02. The van der Waals surface area contributed by atoms with Crippen molar-refractivity contribution in [3.8, 4) is 0 Å². The summed E-state index contributed by atoms with van der Waals surface area (Å²) < 4.78 is 13.7. The van der Waals surface area contributed by atoms with Gasteiger partial charge < -0.3 is 10.8 Å². The third-order valence-corrected chi connectivity index (χ3v) is 2.03. The molecule has 1 rings (SSSR count). The van der Waals surface area contributed by atoms with Crippen LogP contribution in [0.15, 0.2) is 16.7 Å². The summed E-state index contributed by atoms with van der Waals surface area (Å²) in [5, 5.41) is 8.68. The zero-order valence-electron chi connectivity index (χ0n) is 6.87. The summed E-state index contributed by atoms with van der Waals surface area (Å²) in [5.74, 6) is -0.535. The third-order valence-electron chi connectivity index (χ3n) is 1.59. The molecule has 0 aromatic carbocycles. The maximum Gasteiger partial charge on any atom is 0.216 e. The second-order valence-corrected chi connectivity index (χ2v) is 3.67. The summed E-state index contributed by atoms with van der Waals surface area (Å²) in [6, 6.07) is 1.17. The van der Waals surface area contributed by atoms with Gasteiger partial charge in [-0.25, -0.2) is 4.98 Å². The largest absolute Gasteiger partial charge is 0.395 e. The predicted molar refractivity (Wildman–Crippen MR) is 50.7 cm³/mol. The molecule has 1 aromatic heterocycles. The van der Waals surface area contributed by atoms with Gasteiger partial charge in [0.1, 0.15) is 0 Å². The quantitative estimate of drug-likeness (QED) is 0.780. The van der Waals surface area contributed by atoms with Crippen LogP contribution in [-0.2, 0) is 6.42 Å². The van der Waals surface area contributed by atoms with Gasteiger partial charge in [0.05, 0.1) is 6.61 Å². The Morgan fingerprint density at radius 1 is 1.69 bits per heavy atom. The Labute approximate surface area is 83.9 Å². The molecule has 0 radical (unpaired) electrons. The molecule has 0 saturated heterocycles. The van der Waals surface area contributed by atoms with Crippen molar-refractivity contribution in [1.82, 2.24) is 4.98 Å². The molecule has 0 spiro atoms. The van der Waals surface area contributed by atoms with E-state index in [1.54, 1.807) is 6.07 Å². The van der Waals surface area contributed by atoms with Gasteiger partial charge in [0.25, 0.3) is 0 Å². The van der Waals surface area contributed by atoms with Crippen LogP contribution in [0.3, 0.4) is 0 Å². The first kappa shape index (κ1) is 10.6. The first-order valence-electron chi connectivity index (χ1n) is 3.80. The Morgan fingerprint density at radius 3 is 3.00 bits per heavy atom. The maximum atomic E-state index is 13.0. The van der Waals surface area contributed by atoms with Crippen LogP contribution < -0.4 is 5.73 Å². The summed E-state index contributed by atoms with van der Waals surface area (Å²) in [6.07, 6.45) is 1.66. The average Bonchev–Trinajstić information content (AvgIpc) is 2.11. The number of halogens is 2. The van der Waals surface area contributed by atoms with E-state index in [0.717, 1.165) is 0 Å². The molecule has 0 aliphatic heterocycles. The van der Waals surface area contributed by atoms with E-state index in [0.29, 0.717) is 10.0 Å². The summed E-state index contributed by atoms with van der Waals surface area (Å²) in [6.45, 7) is -0.161. The normalized spacial score (nSPS) is 12.9. The van der Waals surface area contributed by atoms with Crippen molar-refractivity contribution in [2.75, 3.05) is 6.61 Å². The smallest absolute Gasteiger partial charge is 0.216 e. The van der Waals surface area contributed by atoms with Crippen molar-refractivity contribution in [3.05, 3.63) is 28.2 Å². The van der Waals surface area contributed by atoms with Crippen LogP contribution >= 0.6 is 15.9 Å². The summed E-state index contributed by atoms with van der Waals surface area (Å²) in [5.41, 5.74) is 5.88. The molecule has 1 heterocycles. The number of hydrogen-bond donors (Lipinski definition) is 2. The monoisotopic (exact) mass is 248 g/mol. The fraction of sp³-hybridized carbons (Fsp3) is 0.375. The highest BCUT2D eigenvalue weighted by Gasteiger charge is 2.08. The van der Waals surface area contributed by atoms with Crippen molar-refractivity contribution in [1.29, 1.82) is 0 Å². The zero-order valence-corrected chi connectivity index (χ0v) is 8.46. The maximum absolute atomic E-state index is 13.0. The van der Waals surface area contributed by atoms with E-state index in [1.165, 1.54) is 6.20 Å². The van der Waals surface area contributed by atoms with Crippen molar-refractivity contribution in [2.24, 2.45) is 5.73 Å². The second-order valence-electron chi connectivity index (χ2n) is 2.75. The molecule has 0 bridgehead atoms. The van der Waals surface area contributed by atoms with E-state index in [-0.39, 0.29) is 13.0 Å². The summed E-state index contributed by atoms with van der Waals surface area (Å²) in [4.78, 5) is 3.52. The van der Waals surface area contributed by atoms with Gasteiger partial charge in [0, 0.05) is 22.3 Å². The minimum Gasteiger partial charge on any atom is -0.395 e. The summed E-state index contributed by atoms with van der Waals surface area (Å²) >= 11 is 3.18. The van der Waals surface area contributed by atoms with Gasteiger partial charge in [0.2, 0.25) is 5.95 Å². The molecule has 1 aromatic rings. The Hall–Kier alpha value is -0.520. The number of rotatable bonds is 3. The van der Waals surface area contributed by atoms with E-state index in [2.05, 4.69) is 20.9 Å². The topological polar surface area (TPSA) is 59.1 Å². The number of nitrogens with zero attached hydrogens (tertiary/aromatic N) is 1. The van der Waals surface area contributed by atoms with Crippen molar-refractivity contribution in [3.63, 3.8) is 0 Å². The number of pyridine rings is 1. The SMILES string of the molecule is NC(CO)Cc1cc(Br)cnc1F. The molecular weight excluding hydrogens is 239 g/mol. The van der Waals surface area contributed by atoms with Gasteiger partial charge in [-0.1, -0.05) is 0 Å². The number of aliphatic hydroxyl groups excluding tert-OH is 1. The molecule has 72 valence electrons. The van der Waals surface area contributed by atoms with Crippen LogP contribution in [0.1, 0.15) is 5.56 Å². The van der Waals surface area contributed by atoms with Crippen molar-refractivity contribution in [2.45, 2.75) is 12.5 Å². The number of hydrogen-bond acceptors (Lipinski definition) is 3. The van der Waals surface area contributed by atoms with Crippen LogP contribution in [0.4, 0.5) is 4.39 Å². The highest BCUT2D eigenvalue weighted by Crippen LogP contribution is 2.13. The minimum absolute atomic E-state index is 0.161.